The molecule has 1 N–H and O–H groups in total. The van der Waals surface area contributed by atoms with Crippen LogP contribution in [0.3, 0.4) is 0 Å². The first-order valence-corrected chi connectivity index (χ1v) is 6.15. The van der Waals surface area contributed by atoms with Crippen LogP contribution >= 0.6 is 15.9 Å². The van der Waals surface area contributed by atoms with Gasteiger partial charge in [-0.25, -0.2) is 8.78 Å². The number of rotatable bonds is 4. The number of carboxylic acids is 1. The molecule has 0 amide bonds. The van der Waals surface area contributed by atoms with Crippen LogP contribution in [0.1, 0.15) is 30.7 Å². The van der Waals surface area contributed by atoms with Gasteiger partial charge in [-0.3, -0.25) is 4.79 Å². The molecule has 0 spiro atoms. The van der Waals surface area contributed by atoms with Crippen molar-refractivity contribution in [2.24, 2.45) is 5.92 Å². The smallest absolute Gasteiger partial charge is 0.303 e. The highest BCUT2D eigenvalue weighted by Crippen LogP contribution is 2.45. The number of carbonyl (C=O) groups is 1. The maximum Gasteiger partial charge on any atom is 0.303 e. The van der Waals surface area contributed by atoms with Gasteiger partial charge in [-0.2, -0.15) is 0 Å². The quantitative estimate of drug-likeness (QED) is 0.861. The summed E-state index contributed by atoms with van der Waals surface area (Å²) in [5, 5.41) is 8.81. The van der Waals surface area contributed by atoms with Gasteiger partial charge in [0.1, 0.15) is 0 Å². The Kier molecular flexibility index (Phi) is 3.47. The molecule has 92 valence electrons. The highest BCUT2D eigenvalue weighted by Gasteiger charge is 2.36. The van der Waals surface area contributed by atoms with Crippen LogP contribution < -0.4 is 0 Å². The van der Waals surface area contributed by atoms with Gasteiger partial charge in [0.05, 0.1) is 10.9 Å². The van der Waals surface area contributed by atoms with E-state index in [4.69, 9.17) is 5.11 Å². The Morgan fingerprint density at radius 2 is 2.06 bits per heavy atom. The van der Waals surface area contributed by atoms with Gasteiger partial charge in [-0.05, 0) is 46.3 Å². The molecule has 17 heavy (non-hydrogen) atoms. The van der Waals surface area contributed by atoms with Gasteiger partial charge in [0, 0.05) is 5.92 Å². The molecule has 2 nitrogen and oxygen atoms in total. The summed E-state index contributed by atoms with van der Waals surface area (Å²) < 4.78 is 27.2. The molecular formula is C12H11BrF2O2. The van der Waals surface area contributed by atoms with Crippen molar-refractivity contribution in [1.29, 1.82) is 0 Å². The van der Waals surface area contributed by atoms with Crippen molar-refractivity contribution in [3.05, 3.63) is 33.8 Å². The molecule has 1 aliphatic rings. The number of benzene rings is 1. The number of aliphatic carboxylic acids is 1. The lowest BCUT2D eigenvalue weighted by atomic mass is 9.90. The standard InChI is InChI=1S/C12H11BrF2O2/c13-9-4-3-7(11(14)12(9)15)8(5-10(16)17)6-1-2-6/h3-4,6,8H,1-2,5H2,(H,16,17). The number of hydrogen-bond acceptors (Lipinski definition) is 1. The molecule has 1 aromatic carbocycles. The molecule has 5 heteroatoms. The second-order valence-electron chi connectivity index (χ2n) is 4.31. The fourth-order valence-corrected chi connectivity index (χ4v) is 2.35. The summed E-state index contributed by atoms with van der Waals surface area (Å²) in [6.45, 7) is 0. The Hall–Kier alpha value is -0.970. The van der Waals surface area contributed by atoms with Gasteiger partial charge in [0.15, 0.2) is 11.6 Å². The van der Waals surface area contributed by atoms with Crippen LogP contribution in [0.25, 0.3) is 0 Å². The molecule has 0 saturated heterocycles. The van der Waals surface area contributed by atoms with E-state index in [0.717, 1.165) is 12.8 Å². The van der Waals surface area contributed by atoms with Crippen molar-refractivity contribution < 1.29 is 18.7 Å². The Bertz CT molecular complexity index is 458. The van der Waals surface area contributed by atoms with Crippen LogP contribution in [0.5, 0.6) is 0 Å². The van der Waals surface area contributed by atoms with Crippen LogP contribution in [0.15, 0.2) is 16.6 Å². The molecule has 0 radical (unpaired) electrons. The fraction of sp³-hybridized carbons (Fsp3) is 0.417. The summed E-state index contributed by atoms with van der Waals surface area (Å²) in [6, 6.07) is 2.89. The van der Waals surface area contributed by atoms with E-state index in [1.54, 1.807) is 0 Å². The van der Waals surface area contributed by atoms with E-state index in [1.165, 1.54) is 12.1 Å². The predicted octanol–water partition coefficient (Wildman–Crippen LogP) is 3.70. The molecule has 0 aromatic heterocycles. The van der Waals surface area contributed by atoms with Crippen molar-refractivity contribution in [3.8, 4) is 0 Å². The van der Waals surface area contributed by atoms with Crippen LogP contribution in [-0.4, -0.2) is 11.1 Å². The zero-order valence-corrected chi connectivity index (χ0v) is 10.5. The summed E-state index contributed by atoms with van der Waals surface area (Å²) in [7, 11) is 0. The number of carboxylic acid groups (broad SMARTS) is 1. The van der Waals surface area contributed by atoms with Gasteiger partial charge in [-0.15, -0.1) is 0 Å². The molecule has 1 unspecified atom stereocenters. The van der Waals surface area contributed by atoms with Crippen molar-refractivity contribution in [2.45, 2.75) is 25.2 Å². The molecule has 0 heterocycles. The highest BCUT2D eigenvalue weighted by atomic mass is 79.9. The largest absolute Gasteiger partial charge is 0.481 e. The average Bonchev–Trinajstić information content (AvgIpc) is 3.07. The SMILES string of the molecule is O=C(O)CC(c1ccc(Br)c(F)c1F)C1CC1. The number of hydrogen-bond donors (Lipinski definition) is 1. The molecular weight excluding hydrogens is 294 g/mol. The molecule has 0 bridgehead atoms. The van der Waals surface area contributed by atoms with Crippen LogP contribution in [-0.2, 0) is 4.79 Å². The van der Waals surface area contributed by atoms with Crippen LogP contribution in [0, 0.1) is 17.6 Å². The maximum absolute atomic E-state index is 13.8. The van der Waals surface area contributed by atoms with E-state index in [1.807, 2.05) is 0 Å². The van der Waals surface area contributed by atoms with Gasteiger partial charge < -0.3 is 5.11 Å². The Balaban J connectivity index is 2.35. The molecule has 1 aromatic rings. The lowest BCUT2D eigenvalue weighted by Crippen LogP contribution is -2.11. The van der Waals surface area contributed by atoms with Gasteiger partial charge in [0.2, 0.25) is 0 Å². The van der Waals surface area contributed by atoms with Crippen molar-refractivity contribution in [2.75, 3.05) is 0 Å². The van der Waals surface area contributed by atoms with E-state index in [0.29, 0.717) is 0 Å². The van der Waals surface area contributed by atoms with Crippen molar-refractivity contribution in [3.63, 3.8) is 0 Å². The van der Waals surface area contributed by atoms with E-state index >= 15 is 0 Å². The van der Waals surface area contributed by atoms with Crippen LogP contribution in [0.2, 0.25) is 0 Å². The minimum atomic E-state index is -0.982. The normalized spacial score (nSPS) is 16.9. The van der Waals surface area contributed by atoms with Gasteiger partial charge in [-0.1, -0.05) is 6.07 Å². The zero-order valence-electron chi connectivity index (χ0n) is 8.92. The third kappa shape index (κ3) is 2.65. The van der Waals surface area contributed by atoms with Crippen LogP contribution in [0.4, 0.5) is 8.78 Å². The molecule has 2 rings (SSSR count). The monoisotopic (exact) mass is 304 g/mol. The van der Waals surface area contributed by atoms with Gasteiger partial charge >= 0.3 is 5.97 Å². The Labute approximate surface area is 106 Å². The first-order valence-electron chi connectivity index (χ1n) is 5.36. The third-order valence-corrected chi connectivity index (χ3v) is 3.66. The minimum absolute atomic E-state index is 0.0589. The second-order valence-corrected chi connectivity index (χ2v) is 5.16. The maximum atomic E-state index is 13.8. The summed E-state index contributed by atoms with van der Waals surface area (Å²) in [4.78, 5) is 10.8. The Morgan fingerprint density at radius 1 is 1.41 bits per heavy atom. The summed E-state index contributed by atoms with van der Waals surface area (Å²) in [5.41, 5.74) is 0.176. The molecule has 1 aliphatic carbocycles. The Morgan fingerprint density at radius 3 is 2.59 bits per heavy atom. The molecule has 1 saturated carbocycles. The van der Waals surface area contributed by atoms with Crippen molar-refractivity contribution in [1.82, 2.24) is 0 Å². The van der Waals surface area contributed by atoms with E-state index < -0.39 is 23.5 Å². The highest BCUT2D eigenvalue weighted by molar-refractivity contribution is 9.10. The lowest BCUT2D eigenvalue weighted by Gasteiger charge is -2.15. The zero-order chi connectivity index (χ0) is 12.6. The van der Waals surface area contributed by atoms with E-state index in [-0.39, 0.29) is 22.4 Å². The van der Waals surface area contributed by atoms with E-state index in [2.05, 4.69) is 15.9 Å². The topological polar surface area (TPSA) is 37.3 Å². The molecule has 1 atom stereocenters. The average molecular weight is 305 g/mol. The molecule has 0 aliphatic heterocycles. The summed E-state index contributed by atoms with van der Waals surface area (Å²) in [5.74, 6) is -3.11. The first-order chi connectivity index (χ1) is 8.00. The fourth-order valence-electron chi connectivity index (χ4n) is 2.04. The molecule has 1 fully saturated rings. The summed E-state index contributed by atoms with van der Waals surface area (Å²) in [6.07, 6.45) is 1.62. The predicted molar refractivity (Wildman–Crippen MR) is 61.8 cm³/mol. The first kappa shape index (κ1) is 12.5. The minimum Gasteiger partial charge on any atom is -0.481 e. The number of halogens is 3. The van der Waals surface area contributed by atoms with Crippen molar-refractivity contribution >= 4 is 21.9 Å². The lowest BCUT2D eigenvalue weighted by molar-refractivity contribution is -0.137. The third-order valence-electron chi connectivity index (χ3n) is 3.05. The van der Waals surface area contributed by atoms with Gasteiger partial charge in [0.25, 0.3) is 0 Å². The van der Waals surface area contributed by atoms with E-state index in [9.17, 15) is 13.6 Å². The second kappa shape index (κ2) is 4.72. The summed E-state index contributed by atoms with van der Waals surface area (Å²) >= 11 is 2.90.